The molecular weight excluding hydrogens is 358 g/mol. The van der Waals surface area contributed by atoms with Crippen molar-refractivity contribution >= 4 is 17.6 Å². The van der Waals surface area contributed by atoms with Crippen molar-refractivity contribution in [2.45, 2.75) is 32.7 Å². The van der Waals surface area contributed by atoms with Gasteiger partial charge in [-0.2, -0.15) is 0 Å². The number of carboxylic acids is 1. The monoisotopic (exact) mass is 379 g/mol. The second-order valence-corrected chi connectivity index (χ2v) is 8.37. The summed E-state index contributed by atoms with van der Waals surface area (Å²) in [6.45, 7) is 5.29. The first-order valence-electron chi connectivity index (χ1n) is 9.12. The van der Waals surface area contributed by atoms with Crippen LogP contribution in [-0.2, 0) is 17.8 Å². The van der Waals surface area contributed by atoms with Crippen LogP contribution in [0.15, 0.2) is 60.7 Å². The van der Waals surface area contributed by atoms with E-state index in [1.54, 1.807) is 0 Å². The first-order chi connectivity index (χ1) is 12.9. The maximum absolute atomic E-state index is 11.4. The highest BCUT2D eigenvalue weighted by atomic mass is 35.5. The molecule has 138 valence electrons. The minimum Gasteiger partial charge on any atom is -0.481 e. The summed E-state index contributed by atoms with van der Waals surface area (Å²) >= 11 is 6.11. The van der Waals surface area contributed by atoms with Crippen molar-refractivity contribution in [1.82, 2.24) is 4.57 Å². The summed E-state index contributed by atoms with van der Waals surface area (Å²) in [6.07, 6.45) is 0.0310. The molecular formula is C23H22ClNO2. The number of fused-ring (bicyclic) bond motifs is 1. The first-order valence-corrected chi connectivity index (χ1v) is 9.49. The lowest BCUT2D eigenvalue weighted by Crippen LogP contribution is -2.20. The first kappa shape index (κ1) is 17.9. The van der Waals surface area contributed by atoms with Crippen LogP contribution in [0, 0.1) is 5.41 Å². The van der Waals surface area contributed by atoms with Gasteiger partial charge in [0, 0.05) is 34.4 Å². The topological polar surface area (TPSA) is 42.2 Å². The zero-order valence-corrected chi connectivity index (χ0v) is 16.2. The minimum absolute atomic E-state index is 0.0266. The van der Waals surface area contributed by atoms with E-state index in [2.05, 4.69) is 48.7 Å². The van der Waals surface area contributed by atoms with Gasteiger partial charge in [0.2, 0.25) is 0 Å². The van der Waals surface area contributed by atoms with E-state index in [1.807, 2.05) is 30.3 Å². The predicted octanol–water partition coefficient (Wildman–Crippen LogP) is 5.61. The molecule has 1 atom stereocenters. The molecule has 0 saturated carbocycles. The number of nitrogens with zero attached hydrogens (tertiary/aromatic N) is 1. The molecule has 0 radical (unpaired) electrons. The number of carbonyl (C=O) groups is 1. The summed E-state index contributed by atoms with van der Waals surface area (Å²) in [5, 5.41) is 10.1. The summed E-state index contributed by atoms with van der Waals surface area (Å²) in [5.41, 5.74) is 5.49. The van der Waals surface area contributed by atoms with Gasteiger partial charge in [0.1, 0.15) is 0 Å². The molecule has 1 aliphatic rings. The van der Waals surface area contributed by atoms with E-state index in [4.69, 9.17) is 11.6 Å². The van der Waals surface area contributed by atoms with E-state index < -0.39 is 5.97 Å². The Hall–Kier alpha value is -2.52. The molecule has 0 aliphatic carbocycles. The van der Waals surface area contributed by atoms with Crippen molar-refractivity contribution in [3.05, 3.63) is 82.6 Å². The Morgan fingerprint density at radius 1 is 1.15 bits per heavy atom. The van der Waals surface area contributed by atoms with Gasteiger partial charge in [-0.15, -0.1) is 0 Å². The smallest absolute Gasteiger partial charge is 0.309 e. The Morgan fingerprint density at radius 3 is 2.44 bits per heavy atom. The van der Waals surface area contributed by atoms with Gasteiger partial charge < -0.3 is 9.67 Å². The van der Waals surface area contributed by atoms with Gasteiger partial charge in [-0.25, -0.2) is 0 Å². The molecule has 1 N–H and O–H groups in total. The Balaban J connectivity index is 1.94. The Bertz CT molecular complexity index is 987. The van der Waals surface area contributed by atoms with Crippen molar-refractivity contribution in [2.24, 2.45) is 5.41 Å². The van der Waals surface area contributed by atoms with Gasteiger partial charge in [-0.3, -0.25) is 4.79 Å². The van der Waals surface area contributed by atoms with E-state index in [1.165, 1.54) is 11.3 Å². The van der Waals surface area contributed by atoms with Crippen molar-refractivity contribution in [3.63, 3.8) is 0 Å². The van der Waals surface area contributed by atoms with Gasteiger partial charge in [-0.05, 0) is 34.7 Å². The summed E-state index contributed by atoms with van der Waals surface area (Å²) in [7, 11) is 0. The maximum atomic E-state index is 11.4. The largest absolute Gasteiger partial charge is 0.481 e. The van der Waals surface area contributed by atoms with Crippen LogP contribution in [0.1, 0.15) is 36.7 Å². The van der Waals surface area contributed by atoms with Gasteiger partial charge in [-0.1, -0.05) is 67.9 Å². The third-order valence-corrected chi connectivity index (χ3v) is 5.72. The zero-order valence-electron chi connectivity index (χ0n) is 15.4. The van der Waals surface area contributed by atoms with Crippen molar-refractivity contribution in [1.29, 1.82) is 0 Å². The predicted molar refractivity (Wildman–Crippen MR) is 108 cm³/mol. The number of aromatic nitrogens is 1. The molecule has 4 rings (SSSR count). The second-order valence-electron chi connectivity index (χ2n) is 7.93. The van der Waals surface area contributed by atoms with Gasteiger partial charge in [0.15, 0.2) is 0 Å². The van der Waals surface area contributed by atoms with Crippen LogP contribution >= 0.6 is 11.6 Å². The number of hydrogen-bond acceptors (Lipinski definition) is 1. The quantitative estimate of drug-likeness (QED) is 0.640. The molecule has 1 unspecified atom stereocenters. The molecule has 27 heavy (non-hydrogen) atoms. The summed E-state index contributed by atoms with van der Waals surface area (Å²) < 4.78 is 2.22. The molecule has 0 bridgehead atoms. The highest BCUT2D eigenvalue weighted by molar-refractivity contribution is 6.30. The van der Waals surface area contributed by atoms with Crippen LogP contribution in [0.4, 0.5) is 0 Å². The molecule has 3 nitrogen and oxygen atoms in total. The summed E-state index contributed by atoms with van der Waals surface area (Å²) in [5.74, 6) is -0.629. The molecule has 2 heterocycles. The molecule has 3 aromatic rings. The number of hydrogen-bond donors (Lipinski definition) is 1. The van der Waals surface area contributed by atoms with Crippen molar-refractivity contribution in [3.8, 4) is 11.1 Å². The van der Waals surface area contributed by atoms with Gasteiger partial charge >= 0.3 is 5.97 Å². The number of benzene rings is 2. The average Bonchev–Trinajstić information content (AvgIpc) is 3.09. The van der Waals surface area contributed by atoms with Crippen LogP contribution in [0.2, 0.25) is 5.02 Å². The Morgan fingerprint density at radius 2 is 1.81 bits per heavy atom. The third kappa shape index (κ3) is 3.17. The lowest BCUT2D eigenvalue weighted by atomic mass is 9.74. The van der Waals surface area contributed by atoms with Crippen LogP contribution in [0.5, 0.6) is 0 Å². The van der Waals surface area contributed by atoms with Crippen LogP contribution in [-0.4, -0.2) is 15.6 Å². The molecule has 0 amide bonds. The van der Waals surface area contributed by atoms with Crippen molar-refractivity contribution < 1.29 is 9.90 Å². The summed E-state index contributed by atoms with van der Waals surface area (Å²) in [6, 6.07) is 20.3. The zero-order chi connectivity index (χ0) is 19.2. The molecule has 1 aromatic heterocycles. The Labute approximate surface area is 164 Å². The number of aliphatic carboxylic acids is 1. The standard InChI is InChI=1S/C23H22ClNO2/c1-23(2)14-25-18(13-20(26)27)12-19(15-6-4-3-5-7-15)22(25)21(23)16-8-10-17(24)11-9-16/h3-12,21H,13-14H2,1-2H3,(H,26,27). The lowest BCUT2D eigenvalue weighted by Gasteiger charge is -2.28. The number of carboxylic acid groups (broad SMARTS) is 1. The number of halogens is 1. The maximum Gasteiger partial charge on any atom is 0.309 e. The van der Waals surface area contributed by atoms with E-state index in [9.17, 15) is 9.90 Å². The van der Waals surface area contributed by atoms with Crippen LogP contribution < -0.4 is 0 Å². The van der Waals surface area contributed by atoms with Crippen LogP contribution in [0.25, 0.3) is 11.1 Å². The molecule has 0 spiro atoms. The molecule has 1 aliphatic heterocycles. The third-order valence-electron chi connectivity index (χ3n) is 5.47. The van der Waals surface area contributed by atoms with Gasteiger partial charge in [0.05, 0.1) is 6.42 Å². The fourth-order valence-electron chi connectivity index (χ4n) is 4.40. The second kappa shape index (κ2) is 6.58. The molecule has 2 aromatic carbocycles. The summed E-state index contributed by atoms with van der Waals surface area (Å²) in [4.78, 5) is 11.4. The van der Waals surface area contributed by atoms with Gasteiger partial charge in [0.25, 0.3) is 0 Å². The molecule has 0 saturated heterocycles. The van der Waals surface area contributed by atoms with Crippen LogP contribution in [0.3, 0.4) is 0 Å². The van der Waals surface area contributed by atoms with E-state index in [-0.39, 0.29) is 17.8 Å². The fraction of sp³-hybridized carbons (Fsp3) is 0.261. The minimum atomic E-state index is -0.803. The fourth-order valence-corrected chi connectivity index (χ4v) is 4.53. The lowest BCUT2D eigenvalue weighted by molar-refractivity contribution is -0.136. The highest BCUT2D eigenvalue weighted by Crippen LogP contribution is 2.52. The van der Waals surface area contributed by atoms with Crippen molar-refractivity contribution in [2.75, 3.05) is 0 Å². The van der Waals surface area contributed by atoms with E-state index in [0.29, 0.717) is 0 Å². The van der Waals surface area contributed by atoms with E-state index >= 15 is 0 Å². The normalized spacial score (nSPS) is 17.7. The van der Waals surface area contributed by atoms with E-state index in [0.717, 1.165) is 28.4 Å². The Kier molecular flexibility index (Phi) is 4.35. The molecule has 4 heteroatoms. The SMILES string of the molecule is CC1(C)Cn2c(CC(=O)O)cc(-c3ccccc3)c2C1c1ccc(Cl)cc1. The number of rotatable bonds is 4. The molecule has 0 fully saturated rings. The average molecular weight is 380 g/mol. The highest BCUT2D eigenvalue weighted by Gasteiger charge is 2.43.